The SMILES string of the molecule is COc1ccc(-c2[nH]cc3c2c(=O)n(C)c(=O)n3C)cc1. The highest BCUT2D eigenvalue weighted by atomic mass is 16.5. The molecule has 0 saturated heterocycles. The Hall–Kier alpha value is -2.76. The zero-order valence-corrected chi connectivity index (χ0v) is 12.0. The molecule has 0 radical (unpaired) electrons. The van der Waals surface area contributed by atoms with Crippen LogP contribution in [0.25, 0.3) is 22.2 Å². The number of hydrogen-bond acceptors (Lipinski definition) is 3. The van der Waals surface area contributed by atoms with Gasteiger partial charge in [0, 0.05) is 20.3 Å². The molecule has 0 aliphatic carbocycles. The Kier molecular flexibility index (Phi) is 2.94. The van der Waals surface area contributed by atoms with Crippen molar-refractivity contribution in [3.8, 4) is 17.0 Å². The van der Waals surface area contributed by atoms with Crippen molar-refractivity contribution in [2.75, 3.05) is 7.11 Å². The first-order valence-corrected chi connectivity index (χ1v) is 6.46. The second kappa shape index (κ2) is 4.66. The van der Waals surface area contributed by atoms with Crippen LogP contribution in [0.4, 0.5) is 0 Å². The molecule has 3 aromatic rings. The summed E-state index contributed by atoms with van der Waals surface area (Å²) in [6.45, 7) is 0. The van der Waals surface area contributed by atoms with Crippen molar-refractivity contribution in [2.24, 2.45) is 14.1 Å². The van der Waals surface area contributed by atoms with E-state index in [0.29, 0.717) is 16.6 Å². The Morgan fingerprint density at radius 1 is 1.05 bits per heavy atom. The number of nitrogens with zero attached hydrogens (tertiary/aromatic N) is 2. The van der Waals surface area contributed by atoms with Gasteiger partial charge in [0.1, 0.15) is 5.75 Å². The van der Waals surface area contributed by atoms with Crippen LogP contribution in [0.15, 0.2) is 40.1 Å². The maximum absolute atomic E-state index is 12.4. The van der Waals surface area contributed by atoms with Crippen molar-refractivity contribution in [1.82, 2.24) is 14.1 Å². The highest BCUT2D eigenvalue weighted by Gasteiger charge is 2.15. The Morgan fingerprint density at radius 2 is 1.71 bits per heavy atom. The normalized spacial score (nSPS) is 11.0. The van der Waals surface area contributed by atoms with Gasteiger partial charge in [-0.05, 0) is 29.8 Å². The quantitative estimate of drug-likeness (QED) is 0.770. The lowest BCUT2D eigenvalue weighted by Gasteiger charge is -2.05. The third kappa shape index (κ3) is 1.87. The second-order valence-corrected chi connectivity index (χ2v) is 4.86. The van der Waals surface area contributed by atoms with Crippen LogP contribution in [0.5, 0.6) is 5.75 Å². The van der Waals surface area contributed by atoms with Crippen molar-refractivity contribution in [3.05, 3.63) is 51.3 Å². The first kappa shape index (κ1) is 13.2. The molecule has 6 heteroatoms. The zero-order chi connectivity index (χ0) is 15.1. The number of rotatable bonds is 2. The van der Waals surface area contributed by atoms with E-state index in [1.165, 1.54) is 11.6 Å². The summed E-state index contributed by atoms with van der Waals surface area (Å²) < 4.78 is 7.70. The lowest BCUT2D eigenvalue weighted by atomic mass is 10.1. The van der Waals surface area contributed by atoms with Crippen LogP contribution in [-0.4, -0.2) is 21.2 Å². The molecule has 2 heterocycles. The predicted octanol–water partition coefficient (Wildman–Crippen LogP) is 1.24. The fraction of sp³-hybridized carbons (Fsp3) is 0.200. The van der Waals surface area contributed by atoms with E-state index in [1.54, 1.807) is 20.4 Å². The summed E-state index contributed by atoms with van der Waals surface area (Å²) in [7, 11) is 4.73. The Morgan fingerprint density at radius 3 is 2.33 bits per heavy atom. The number of benzene rings is 1. The van der Waals surface area contributed by atoms with Gasteiger partial charge in [0.25, 0.3) is 5.56 Å². The van der Waals surface area contributed by atoms with Crippen molar-refractivity contribution in [1.29, 1.82) is 0 Å². The van der Waals surface area contributed by atoms with Gasteiger partial charge >= 0.3 is 5.69 Å². The highest BCUT2D eigenvalue weighted by Crippen LogP contribution is 2.26. The second-order valence-electron chi connectivity index (χ2n) is 4.86. The Labute approximate surface area is 120 Å². The topological polar surface area (TPSA) is 69.0 Å². The van der Waals surface area contributed by atoms with Gasteiger partial charge in [0.15, 0.2) is 0 Å². The van der Waals surface area contributed by atoms with E-state index in [9.17, 15) is 9.59 Å². The summed E-state index contributed by atoms with van der Waals surface area (Å²) in [5.74, 6) is 0.745. The fourth-order valence-electron chi connectivity index (χ4n) is 2.46. The Balaban J connectivity index is 2.34. The fourth-order valence-corrected chi connectivity index (χ4v) is 2.46. The first-order valence-electron chi connectivity index (χ1n) is 6.46. The maximum atomic E-state index is 12.4. The molecular weight excluding hydrogens is 270 g/mol. The van der Waals surface area contributed by atoms with E-state index in [2.05, 4.69) is 4.98 Å². The number of fused-ring (bicyclic) bond motifs is 1. The van der Waals surface area contributed by atoms with E-state index in [1.807, 2.05) is 24.3 Å². The van der Waals surface area contributed by atoms with Crippen LogP contribution in [0.1, 0.15) is 0 Å². The number of ether oxygens (including phenoxy) is 1. The third-order valence-corrected chi connectivity index (χ3v) is 3.69. The molecule has 6 nitrogen and oxygen atoms in total. The number of methoxy groups -OCH3 is 1. The van der Waals surface area contributed by atoms with Crippen LogP contribution in [-0.2, 0) is 14.1 Å². The molecule has 0 amide bonds. The lowest BCUT2D eigenvalue weighted by Crippen LogP contribution is -2.36. The molecule has 0 aliphatic rings. The van der Waals surface area contributed by atoms with Crippen LogP contribution in [0, 0.1) is 0 Å². The smallest absolute Gasteiger partial charge is 0.330 e. The molecule has 0 saturated carbocycles. The molecule has 108 valence electrons. The van der Waals surface area contributed by atoms with Gasteiger partial charge in [0.05, 0.1) is 23.7 Å². The zero-order valence-electron chi connectivity index (χ0n) is 12.0. The van der Waals surface area contributed by atoms with Gasteiger partial charge in [-0.1, -0.05) is 0 Å². The van der Waals surface area contributed by atoms with Crippen LogP contribution in [0.2, 0.25) is 0 Å². The lowest BCUT2D eigenvalue weighted by molar-refractivity contribution is 0.415. The molecule has 0 aliphatic heterocycles. The molecule has 1 aromatic carbocycles. The third-order valence-electron chi connectivity index (χ3n) is 3.69. The van der Waals surface area contributed by atoms with E-state index in [4.69, 9.17) is 4.74 Å². The summed E-state index contributed by atoms with van der Waals surface area (Å²) in [6.07, 6.45) is 1.68. The minimum Gasteiger partial charge on any atom is -0.497 e. The first-order chi connectivity index (χ1) is 10.0. The average Bonchev–Trinajstić information content (AvgIpc) is 2.96. The van der Waals surface area contributed by atoms with Crippen molar-refractivity contribution in [2.45, 2.75) is 0 Å². The summed E-state index contributed by atoms with van der Waals surface area (Å²) in [4.78, 5) is 27.4. The standard InChI is InChI=1S/C15H15N3O3/c1-17-11-8-16-13(9-4-6-10(21-3)7-5-9)12(11)14(19)18(2)15(17)20/h4-8,16H,1-3H3. The molecule has 3 rings (SSSR count). The molecular formula is C15H15N3O3. The van der Waals surface area contributed by atoms with Gasteiger partial charge in [-0.2, -0.15) is 0 Å². The molecule has 1 N–H and O–H groups in total. The molecule has 0 fully saturated rings. The van der Waals surface area contributed by atoms with Crippen molar-refractivity contribution in [3.63, 3.8) is 0 Å². The van der Waals surface area contributed by atoms with Crippen LogP contribution in [0.3, 0.4) is 0 Å². The van der Waals surface area contributed by atoms with E-state index < -0.39 is 0 Å². The number of nitrogens with one attached hydrogen (secondary N) is 1. The summed E-state index contributed by atoms with van der Waals surface area (Å²) >= 11 is 0. The minimum atomic E-state index is -0.340. The van der Waals surface area contributed by atoms with Crippen LogP contribution >= 0.6 is 0 Å². The monoisotopic (exact) mass is 285 g/mol. The predicted molar refractivity (Wildman–Crippen MR) is 80.8 cm³/mol. The van der Waals surface area contributed by atoms with E-state index >= 15 is 0 Å². The number of aromatic amines is 1. The number of hydrogen-bond donors (Lipinski definition) is 1. The number of H-pyrrole nitrogens is 1. The van der Waals surface area contributed by atoms with Gasteiger partial charge < -0.3 is 9.72 Å². The molecule has 0 atom stereocenters. The molecule has 0 unspecified atom stereocenters. The maximum Gasteiger partial charge on any atom is 0.330 e. The van der Waals surface area contributed by atoms with Gasteiger partial charge in [-0.15, -0.1) is 0 Å². The van der Waals surface area contributed by atoms with E-state index in [0.717, 1.165) is 15.9 Å². The number of aromatic nitrogens is 3. The molecule has 0 spiro atoms. The molecule has 2 aromatic heterocycles. The highest BCUT2D eigenvalue weighted by molar-refractivity contribution is 5.93. The minimum absolute atomic E-state index is 0.305. The molecule has 0 bridgehead atoms. The average molecular weight is 285 g/mol. The van der Waals surface area contributed by atoms with Crippen LogP contribution < -0.4 is 16.0 Å². The molecule has 21 heavy (non-hydrogen) atoms. The van der Waals surface area contributed by atoms with Crippen molar-refractivity contribution >= 4 is 10.9 Å². The van der Waals surface area contributed by atoms with Crippen molar-refractivity contribution < 1.29 is 4.74 Å². The van der Waals surface area contributed by atoms with Gasteiger partial charge in [-0.3, -0.25) is 13.9 Å². The van der Waals surface area contributed by atoms with Gasteiger partial charge in [-0.25, -0.2) is 4.79 Å². The summed E-state index contributed by atoms with van der Waals surface area (Å²) in [5, 5.41) is 0.504. The largest absolute Gasteiger partial charge is 0.497 e. The number of aryl methyl sites for hydroxylation is 1. The summed E-state index contributed by atoms with van der Waals surface area (Å²) in [6, 6.07) is 7.40. The van der Waals surface area contributed by atoms with Gasteiger partial charge in [0.2, 0.25) is 0 Å². The Bertz CT molecular complexity index is 930. The summed E-state index contributed by atoms with van der Waals surface area (Å²) in [5.41, 5.74) is 1.51. The van der Waals surface area contributed by atoms with E-state index in [-0.39, 0.29) is 11.2 Å².